The molecule has 0 radical (unpaired) electrons. The molecule has 0 spiro atoms. The van der Waals surface area contributed by atoms with Crippen molar-refractivity contribution in [3.05, 3.63) is 0 Å². The average molecular weight is 272 g/mol. The fourth-order valence-electron chi connectivity index (χ4n) is 2.42. The summed E-state index contributed by atoms with van der Waals surface area (Å²) in [5.41, 5.74) is 0. The van der Waals surface area contributed by atoms with Crippen molar-refractivity contribution in [2.75, 3.05) is 38.6 Å². The maximum Gasteiger partial charge on any atom is 0.230 e. The summed E-state index contributed by atoms with van der Waals surface area (Å²) in [7, 11) is 0. The van der Waals surface area contributed by atoms with Crippen LogP contribution in [0.5, 0.6) is 0 Å². The van der Waals surface area contributed by atoms with Crippen molar-refractivity contribution in [3.63, 3.8) is 0 Å². The van der Waals surface area contributed by atoms with E-state index in [0.717, 1.165) is 45.7 Å². The van der Waals surface area contributed by atoms with Crippen molar-refractivity contribution in [1.29, 1.82) is 0 Å². The molecule has 1 amide bonds. The molecule has 0 unspecified atom stereocenters. The molecule has 0 aromatic rings. The van der Waals surface area contributed by atoms with E-state index in [-0.39, 0.29) is 5.91 Å². The fourth-order valence-corrected chi connectivity index (χ4v) is 3.47. The number of hydrogen-bond acceptors (Lipinski definition) is 4. The normalized spacial score (nSPS) is 22.9. The molecule has 2 N–H and O–H groups in total. The van der Waals surface area contributed by atoms with Gasteiger partial charge in [0.25, 0.3) is 0 Å². The van der Waals surface area contributed by atoms with E-state index < -0.39 is 0 Å². The van der Waals surface area contributed by atoms with Gasteiger partial charge in [-0.1, -0.05) is 0 Å². The minimum Gasteiger partial charge on any atom is -0.381 e. The minimum atomic E-state index is 0.199. The lowest BCUT2D eigenvalue weighted by Crippen LogP contribution is -2.34. The molecule has 4 nitrogen and oxygen atoms in total. The standard InChI is InChI=1S/C13H24N2O2S/c16-13(10-18-12-1-5-14-6-2-12)15-9-11-3-7-17-8-4-11/h11-12,14H,1-10H2,(H,15,16). The van der Waals surface area contributed by atoms with Gasteiger partial charge in [-0.3, -0.25) is 4.79 Å². The number of ether oxygens (including phenoxy) is 1. The molecule has 0 aromatic heterocycles. The largest absolute Gasteiger partial charge is 0.381 e. The predicted molar refractivity (Wildman–Crippen MR) is 74.9 cm³/mol. The maximum atomic E-state index is 11.7. The van der Waals surface area contributed by atoms with Crippen LogP contribution in [0.3, 0.4) is 0 Å². The van der Waals surface area contributed by atoms with Gasteiger partial charge < -0.3 is 15.4 Å². The lowest BCUT2D eigenvalue weighted by Gasteiger charge is -2.23. The second-order valence-corrected chi connectivity index (χ2v) is 6.41. The highest BCUT2D eigenvalue weighted by Crippen LogP contribution is 2.19. The molecular formula is C13H24N2O2S. The molecule has 2 saturated heterocycles. The van der Waals surface area contributed by atoms with Crippen molar-refractivity contribution in [2.24, 2.45) is 5.92 Å². The van der Waals surface area contributed by atoms with Gasteiger partial charge in [-0.15, -0.1) is 11.8 Å². The summed E-state index contributed by atoms with van der Waals surface area (Å²) in [6.07, 6.45) is 4.55. The Kier molecular flexibility index (Phi) is 6.31. The van der Waals surface area contributed by atoms with Crippen LogP contribution in [0.15, 0.2) is 0 Å². The summed E-state index contributed by atoms with van der Waals surface area (Å²) in [6, 6.07) is 0. The number of nitrogens with one attached hydrogen (secondary N) is 2. The van der Waals surface area contributed by atoms with Crippen LogP contribution in [0.4, 0.5) is 0 Å². The number of thioether (sulfide) groups is 1. The Morgan fingerprint density at radius 2 is 1.94 bits per heavy atom. The molecule has 18 heavy (non-hydrogen) atoms. The summed E-state index contributed by atoms with van der Waals surface area (Å²) in [5, 5.41) is 7.07. The van der Waals surface area contributed by atoms with E-state index in [4.69, 9.17) is 4.74 Å². The Balaban J connectivity index is 1.54. The molecule has 5 heteroatoms. The van der Waals surface area contributed by atoms with Gasteiger partial charge in [0.05, 0.1) is 5.75 Å². The second-order valence-electron chi connectivity index (χ2n) is 5.12. The highest BCUT2D eigenvalue weighted by Gasteiger charge is 2.17. The van der Waals surface area contributed by atoms with Crippen LogP contribution in [0.1, 0.15) is 25.7 Å². The molecular weight excluding hydrogens is 248 g/mol. The number of hydrogen-bond donors (Lipinski definition) is 2. The third kappa shape index (κ3) is 5.16. The Labute approximate surface area is 114 Å². The number of carbonyl (C=O) groups excluding carboxylic acids is 1. The van der Waals surface area contributed by atoms with Crippen LogP contribution in [0, 0.1) is 5.92 Å². The lowest BCUT2D eigenvalue weighted by atomic mass is 10.0. The summed E-state index contributed by atoms with van der Waals surface area (Å²) in [5.74, 6) is 1.44. The molecule has 0 saturated carbocycles. The number of amides is 1. The summed E-state index contributed by atoms with van der Waals surface area (Å²) in [6.45, 7) is 4.73. The highest BCUT2D eigenvalue weighted by molar-refractivity contribution is 8.00. The molecule has 2 fully saturated rings. The smallest absolute Gasteiger partial charge is 0.230 e. The van der Waals surface area contributed by atoms with Crippen LogP contribution >= 0.6 is 11.8 Å². The van der Waals surface area contributed by atoms with Crippen LogP contribution in [-0.2, 0) is 9.53 Å². The van der Waals surface area contributed by atoms with Gasteiger partial charge in [0, 0.05) is 25.0 Å². The van der Waals surface area contributed by atoms with Gasteiger partial charge in [0.2, 0.25) is 5.91 Å². The van der Waals surface area contributed by atoms with Gasteiger partial charge in [-0.2, -0.15) is 0 Å². The molecule has 2 aliphatic rings. The Morgan fingerprint density at radius 3 is 2.67 bits per heavy atom. The topological polar surface area (TPSA) is 50.4 Å². The third-order valence-corrected chi connectivity index (χ3v) is 5.04. The maximum absolute atomic E-state index is 11.7. The monoisotopic (exact) mass is 272 g/mol. The summed E-state index contributed by atoms with van der Waals surface area (Å²) < 4.78 is 5.31. The van der Waals surface area contributed by atoms with Crippen molar-refractivity contribution >= 4 is 17.7 Å². The van der Waals surface area contributed by atoms with Crippen molar-refractivity contribution in [3.8, 4) is 0 Å². The average Bonchev–Trinajstić information content (AvgIpc) is 2.45. The van der Waals surface area contributed by atoms with Crippen LogP contribution in [0.2, 0.25) is 0 Å². The molecule has 2 aliphatic heterocycles. The van der Waals surface area contributed by atoms with E-state index in [2.05, 4.69) is 10.6 Å². The first-order valence-electron chi connectivity index (χ1n) is 7.01. The zero-order valence-electron chi connectivity index (χ0n) is 11.0. The molecule has 0 atom stereocenters. The van der Waals surface area contributed by atoms with E-state index in [1.54, 1.807) is 0 Å². The second kappa shape index (κ2) is 8.02. The van der Waals surface area contributed by atoms with Crippen LogP contribution in [0.25, 0.3) is 0 Å². The van der Waals surface area contributed by atoms with E-state index in [0.29, 0.717) is 16.9 Å². The zero-order valence-corrected chi connectivity index (χ0v) is 11.8. The third-order valence-electron chi connectivity index (χ3n) is 3.67. The van der Waals surface area contributed by atoms with E-state index in [1.807, 2.05) is 11.8 Å². The highest BCUT2D eigenvalue weighted by atomic mass is 32.2. The van der Waals surface area contributed by atoms with Gasteiger partial charge in [-0.25, -0.2) is 0 Å². The molecule has 104 valence electrons. The van der Waals surface area contributed by atoms with Gasteiger partial charge >= 0.3 is 0 Å². The van der Waals surface area contributed by atoms with Crippen molar-refractivity contribution in [1.82, 2.24) is 10.6 Å². The Bertz CT molecular complexity index is 227. The van der Waals surface area contributed by atoms with Gasteiger partial charge in [-0.05, 0) is 44.7 Å². The molecule has 0 aromatic carbocycles. The molecule has 0 aliphatic carbocycles. The first-order chi connectivity index (χ1) is 8.84. The first kappa shape index (κ1) is 14.2. The summed E-state index contributed by atoms with van der Waals surface area (Å²) >= 11 is 1.82. The van der Waals surface area contributed by atoms with Crippen molar-refractivity contribution in [2.45, 2.75) is 30.9 Å². The van der Waals surface area contributed by atoms with E-state index in [9.17, 15) is 4.79 Å². The molecule has 2 heterocycles. The van der Waals surface area contributed by atoms with Crippen LogP contribution in [-0.4, -0.2) is 49.8 Å². The van der Waals surface area contributed by atoms with Crippen LogP contribution < -0.4 is 10.6 Å². The molecule has 0 bridgehead atoms. The zero-order chi connectivity index (χ0) is 12.6. The lowest BCUT2D eigenvalue weighted by molar-refractivity contribution is -0.118. The number of carbonyl (C=O) groups is 1. The summed E-state index contributed by atoms with van der Waals surface area (Å²) in [4.78, 5) is 11.7. The van der Waals surface area contributed by atoms with E-state index in [1.165, 1.54) is 12.8 Å². The Hall–Kier alpha value is -0.260. The Morgan fingerprint density at radius 1 is 1.22 bits per heavy atom. The minimum absolute atomic E-state index is 0.199. The SMILES string of the molecule is O=C(CSC1CCNCC1)NCC1CCOCC1. The van der Waals surface area contributed by atoms with Gasteiger partial charge in [0.1, 0.15) is 0 Å². The molecule has 2 rings (SSSR count). The van der Waals surface area contributed by atoms with E-state index >= 15 is 0 Å². The first-order valence-corrected chi connectivity index (χ1v) is 8.06. The predicted octanol–water partition coefficient (Wildman–Crippen LogP) is 1.01. The fraction of sp³-hybridized carbons (Fsp3) is 0.923. The quantitative estimate of drug-likeness (QED) is 0.784. The number of rotatable bonds is 5. The number of piperidine rings is 1. The van der Waals surface area contributed by atoms with Gasteiger partial charge in [0.15, 0.2) is 0 Å². The van der Waals surface area contributed by atoms with Crippen molar-refractivity contribution < 1.29 is 9.53 Å².